The van der Waals surface area contributed by atoms with Gasteiger partial charge < -0.3 is 15.1 Å². The van der Waals surface area contributed by atoms with Crippen LogP contribution in [0.15, 0.2) is 48.7 Å². The van der Waals surface area contributed by atoms with Gasteiger partial charge in [0.05, 0.1) is 11.3 Å². The molecule has 0 spiro atoms. The van der Waals surface area contributed by atoms with Gasteiger partial charge in [-0.15, -0.1) is 0 Å². The summed E-state index contributed by atoms with van der Waals surface area (Å²) in [4.78, 5) is 36.3. The molecule has 0 unspecified atom stereocenters. The van der Waals surface area contributed by atoms with E-state index in [0.29, 0.717) is 30.0 Å². The van der Waals surface area contributed by atoms with Crippen LogP contribution < -0.4 is 15.1 Å². The quantitative estimate of drug-likeness (QED) is 0.509. The first-order valence-electron chi connectivity index (χ1n) is 13.6. The van der Waals surface area contributed by atoms with Gasteiger partial charge in [0.2, 0.25) is 5.91 Å². The Kier molecular flexibility index (Phi) is 7.69. The third-order valence-corrected chi connectivity index (χ3v) is 7.88. The van der Waals surface area contributed by atoms with E-state index in [9.17, 15) is 19.2 Å². The molecule has 2 aromatic carbocycles. The SMILES string of the molecule is Cc1cc(C)c(C(=O)N2CCN(c3ccccn3)C(=O)C2)c(C)c1NC1CCN(c2ccc(F)cc2C#N)CC1. The van der Waals surface area contributed by atoms with E-state index in [4.69, 9.17) is 0 Å². The molecule has 9 heteroatoms. The number of nitrogens with one attached hydrogen (secondary N) is 1. The number of pyridine rings is 1. The van der Waals surface area contributed by atoms with Gasteiger partial charge >= 0.3 is 0 Å². The van der Waals surface area contributed by atoms with E-state index in [0.717, 1.165) is 54.0 Å². The monoisotopic (exact) mass is 540 g/mol. The molecular formula is C31H33FN6O2. The summed E-state index contributed by atoms with van der Waals surface area (Å²) in [7, 11) is 0. The highest BCUT2D eigenvalue weighted by Gasteiger charge is 2.31. The zero-order chi connectivity index (χ0) is 28.4. The first kappa shape index (κ1) is 27.1. The predicted octanol–water partition coefficient (Wildman–Crippen LogP) is 4.59. The minimum atomic E-state index is -0.410. The highest BCUT2D eigenvalue weighted by molar-refractivity contribution is 6.03. The summed E-state index contributed by atoms with van der Waals surface area (Å²) in [5, 5.41) is 13.1. The molecule has 2 saturated heterocycles. The zero-order valence-electron chi connectivity index (χ0n) is 23.1. The lowest BCUT2D eigenvalue weighted by Gasteiger charge is -2.36. The van der Waals surface area contributed by atoms with Gasteiger partial charge in [-0.25, -0.2) is 9.37 Å². The summed E-state index contributed by atoms with van der Waals surface area (Å²) < 4.78 is 13.6. The van der Waals surface area contributed by atoms with Crippen LogP contribution in [0.3, 0.4) is 0 Å². The van der Waals surface area contributed by atoms with Gasteiger partial charge in [-0.3, -0.25) is 14.5 Å². The number of aryl methyl sites for hydroxylation is 2. The Hall–Kier alpha value is -4.45. The van der Waals surface area contributed by atoms with Crippen LogP contribution in [0.25, 0.3) is 0 Å². The van der Waals surface area contributed by atoms with Crippen molar-refractivity contribution in [2.75, 3.05) is 47.8 Å². The van der Waals surface area contributed by atoms with E-state index < -0.39 is 5.82 Å². The molecular weight excluding hydrogens is 507 g/mol. The minimum absolute atomic E-state index is 0.0114. The van der Waals surface area contributed by atoms with Crippen molar-refractivity contribution in [3.8, 4) is 6.07 Å². The second-order valence-electron chi connectivity index (χ2n) is 10.5. The van der Waals surface area contributed by atoms with E-state index in [2.05, 4.69) is 21.3 Å². The van der Waals surface area contributed by atoms with Crippen molar-refractivity contribution in [3.05, 3.63) is 82.3 Å². The van der Waals surface area contributed by atoms with Gasteiger partial charge in [-0.2, -0.15) is 5.26 Å². The Morgan fingerprint density at radius 3 is 2.50 bits per heavy atom. The number of hydrogen-bond donors (Lipinski definition) is 1. The fraction of sp³-hybridized carbons (Fsp3) is 0.355. The molecule has 206 valence electrons. The Balaban J connectivity index is 1.28. The maximum absolute atomic E-state index is 13.7. The number of amides is 2. The van der Waals surface area contributed by atoms with Crippen molar-refractivity contribution in [1.29, 1.82) is 5.26 Å². The molecule has 1 N–H and O–H groups in total. The number of benzene rings is 2. The maximum Gasteiger partial charge on any atom is 0.255 e. The molecule has 2 aliphatic rings. The maximum atomic E-state index is 13.7. The number of carbonyl (C=O) groups is 2. The molecule has 5 rings (SSSR count). The summed E-state index contributed by atoms with van der Waals surface area (Å²) >= 11 is 0. The smallest absolute Gasteiger partial charge is 0.255 e. The van der Waals surface area contributed by atoms with Crippen molar-refractivity contribution in [2.45, 2.75) is 39.7 Å². The number of carbonyl (C=O) groups excluding carboxylic acids is 2. The molecule has 2 aliphatic heterocycles. The largest absolute Gasteiger partial charge is 0.382 e. The second kappa shape index (κ2) is 11.3. The number of piperazine rings is 1. The Labute approximate surface area is 234 Å². The number of aromatic nitrogens is 1. The molecule has 3 heterocycles. The number of anilines is 3. The van der Waals surface area contributed by atoms with Crippen LogP contribution in [-0.2, 0) is 4.79 Å². The lowest BCUT2D eigenvalue weighted by atomic mass is 9.94. The molecule has 0 radical (unpaired) electrons. The van der Waals surface area contributed by atoms with Crippen molar-refractivity contribution < 1.29 is 14.0 Å². The molecule has 0 saturated carbocycles. The van der Waals surface area contributed by atoms with E-state index in [1.807, 2.05) is 39.0 Å². The van der Waals surface area contributed by atoms with E-state index in [1.54, 1.807) is 28.1 Å². The highest BCUT2D eigenvalue weighted by Crippen LogP contribution is 2.32. The number of nitriles is 1. The molecule has 2 amide bonds. The van der Waals surface area contributed by atoms with E-state index in [-0.39, 0.29) is 24.4 Å². The van der Waals surface area contributed by atoms with Crippen LogP contribution in [0.1, 0.15) is 45.5 Å². The van der Waals surface area contributed by atoms with Crippen LogP contribution in [0.4, 0.5) is 21.6 Å². The van der Waals surface area contributed by atoms with Crippen molar-refractivity contribution in [2.24, 2.45) is 0 Å². The number of hydrogen-bond acceptors (Lipinski definition) is 6. The molecule has 0 bridgehead atoms. The lowest BCUT2D eigenvalue weighted by Crippen LogP contribution is -2.52. The highest BCUT2D eigenvalue weighted by atomic mass is 19.1. The normalized spacial score (nSPS) is 16.2. The van der Waals surface area contributed by atoms with Crippen molar-refractivity contribution >= 4 is 29.0 Å². The molecule has 1 aromatic heterocycles. The Morgan fingerprint density at radius 1 is 1.05 bits per heavy atom. The first-order chi connectivity index (χ1) is 19.3. The third kappa shape index (κ3) is 5.34. The average Bonchev–Trinajstić information content (AvgIpc) is 2.95. The van der Waals surface area contributed by atoms with Gasteiger partial charge in [0.1, 0.15) is 24.2 Å². The Bertz CT molecular complexity index is 1480. The first-order valence-corrected chi connectivity index (χ1v) is 13.6. The third-order valence-electron chi connectivity index (χ3n) is 7.88. The van der Waals surface area contributed by atoms with Crippen LogP contribution in [0.2, 0.25) is 0 Å². The summed E-state index contributed by atoms with van der Waals surface area (Å²) in [5.74, 6) is -0.0937. The summed E-state index contributed by atoms with van der Waals surface area (Å²) in [6.45, 7) is 8.26. The van der Waals surface area contributed by atoms with Crippen LogP contribution >= 0.6 is 0 Å². The molecule has 40 heavy (non-hydrogen) atoms. The second-order valence-corrected chi connectivity index (χ2v) is 10.5. The van der Waals surface area contributed by atoms with Gasteiger partial charge in [0.15, 0.2) is 0 Å². The zero-order valence-corrected chi connectivity index (χ0v) is 23.1. The standard InChI is InChI=1S/C31H33FN6O2/c1-20-16-21(2)30(35-25-9-12-36(13-10-25)26-8-7-24(32)17-23(26)18-33)22(3)29(20)31(40)37-14-15-38(28(39)19-37)27-6-4-5-11-34-27/h4-8,11,16-17,25,35H,9-10,12-15,19H2,1-3H3. The van der Waals surface area contributed by atoms with E-state index in [1.165, 1.54) is 12.1 Å². The van der Waals surface area contributed by atoms with Crippen molar-refractivity contribution in [1.82, 2.24) is 9.88 Å². The van der Waals surface area contributed by atoms with Crippen LogP contribution in [0.5, 0.6) is 0 Å². The molecule has 8 nitrogen and oxygen atoms in total. The molecule has 3 aromatic rings. The topological polar surface area (TPSA) is 92.6 Å². The lowest BCUT2D eigenvalue weighted by molar-refractivity contribution is -0.120. The average molecular weight is 541 g/mol. The molecule has 0 atom stereocenters. The van der Waals surface area contributed by atoms with Crippen LogP contribution in [0, 0.1) is 37.9 Å². The number of halogens is 1. The summed E-state index contributed by atoms with van der Waals surface area (Å²) in [6, 6.07) is 14.1. The fourth-order valence-electron chi connectivity index (χ4n) is 5.84. The van der Waals surface area contributed by atoms with Crippen LogP contribution in [-0.4, -0.2) is 60.5 Å². The van der Waals surface area contributed by atoms with Gasteiger partial charge in [0.25, 0.3) is 5.91 Å². The van der Waals surface area contributed by atoms with E-state index >= 15 is 0 Å². The molecule has 0 aliphatic carbocycles. The minimum Gasteiger partial charge on any atom is -0.382 e. The predicted molar refractivity (Wildman–Crippen MR) is 153 cm³/mol. The van der Waals surface area contributed by atoms with Gasteiger partial charge in [-0.05, 0) is 80.6 Å². The summed E-state index contributed by atoms with van der Waals surface area (Å²) in [6.07, 6.45) is 3.33. The van der Waals surface area contributed by atoms with Crippen molar-refractivity contribution in [3.63, 3.8) is 0 Å². The number of rotatable bonds is 5. The fourth-order valence-corrected chi connectivity index (χ4v) is 5.84. The number of nitrogens with zero attached hydrogens (tertiary/aromatic N) is 5. The number of piperidine rings is 1. The molecule has 2 fully saturated rings. The summed E-state index contributed by atoms with van der Waals surface area (Å²) in [5.41, 5.74) is 5.53. The van der Waals surface area contributed by atoms with Gasteiger partial charge in [0, 0.05) is 49.7 Å². The Morgan fingerprint density at radius 2 is 1.82 bits per heavy atom. The van der Waals surface area contributed by atoms with Gasteiger partial charge in [-0.1, -0.05) is 12.1 Å².